The molecule has 3 rings (SSSR count). The largest absolute Gasteiger partial charge is 0.350 e. The Morgan fingerprint density at radius 2 is 1.95 bits per heavy atom. The summed E-state index contributed by atoms with van der Waals surface area (Å²) in [7, 11) is 0. The van der Waals surface area contributed by atoms with Gasteiger partial charge in [0.15, 0.2) is 0 Å². The summed E-state index contributed by atoms with van der Waals surface area (Å²) in [5.41, 5.74) is 5.80. The van der Waals surface area contributed by atoms with Crippen LogP contribution in [0.15, 0.2) is 0 Å². The van der Waals surface area contributed by atoms with Crippen LogP contribution in [0.4, 0.5) is 0 Å². The molecule has 1 aliphatic heterocycles. The number of fused-ring (bicyclic) bond motifs is 1. The highest BCUT2D eigenvalue weighted by molar-refractivity contribution is 5.88. The molecule has 1 heterocycles. The van der Waals surface area contributed by atoms with Crippen molar-refractivity contribution >= 4 is 24.2 Å². The molecular weight excluding hydrogens is 290 g/mol. The van der Waals surface area contributed by atoms with Gasteiger partial charge in [-0.25, -0.2) is 0 Å². The third-order valence-corrected chi connectivity index (χ3v) is 5.35. The molecule has 0 bridgehead atoms. The van der Waals surface area contributed by atoms with E-state index in [0.29, 0.717) is 12.5 Å². The van der Waals surface area contributed by atoms with Crippen LogP contribution in [0.3, 0.4) is 0 Å². The van der Waals surface area contributed by atoms with Crippen LogP contribution in [-0.2, 0) is 9.59 Å². The van der Waals surface area contributed by atoms with E-state index >= 15 is 0 Å². The van der Waals surface area contributed by atoms with Crippen LogP contribution >= 0.6 is 12.4 Å². The first-order valence-corrected chi connectivity index (χ1v) is 8.00. The first kappa shape index (κ1) is 16.6. The summed E-state index contributed by atoms with van der Waals surface area (Å²) < 4.78 is 0. The van der Waals surface area contributed by atoms with Gasteiger partial charge < -0.3 is 16.0 Å². The second-order valence-corrected chi connectivity index (χ2v) is 6.53. The second kappa shape index (κ2) is 6.97. The second-order valence-electron chi connectivity index (χ2n) is 6.53. The molecule has 3 N–H and O–H groups in total. The van der Waals surface area contributed by atoms with E-state index in [2.05, 4.69) is 5.32 Å². The highest BCUT2D eigenvalue weighted by Crippen LogP contribution is 2.35. The van der Waals surface area contributed by atoms with Crippen molar-refractivity contribution in [1.29, 1.82) is 0 Å². The fourth-order valence-electron chi connectivity index (χ4n) is 4.28. The molecule has 4 atom stereocenters. The summed E-state index contributed by atoms with van der Waals surface area (Å²) in [6.45, 7) is 0.832. The molecule has 3 fully saturated rings. The van der Waals surface area contributed by atoms with Gasteiger partial charge in [0, 0.05) is 12.0 Å². The quantitative estimate of drug-likeness (QED) is 0.800. The van der Waals surface area contributed by atoms with E-state index in [0.717, 1.165) is 44.9 Å². The van der Waals surface area contributed by atoms with Gasteiger partial charge in [-0.3, -0.25) is 9.59 Å². The van der Waals surface area contributed by atoms with Crippen LogP contribution in [0.2, 0.25) is 0 Å². The van der Waals surface area contributed by atoms with Crippen molar-refractivity contribution in [3.05, 3.63) is 0 Å². The van der Waals surface area contributed by atoms with Gasteiger partial charge in [0.05, 0.1) is 12.6 Å². The third kappa shape index (κ3) is 3.19. The maximum absolute atomic E-state index is 12.9. The molecule has 0 spiro atoms. The van der Waals surface area contributed by atoms with Crippen LogP contribution < -0.4 is 11.1 Å². The summed E-state index contributed by atoms with van der Waals surface area (Å²) in [5.74, 6) is 0.552. The van der Waals surface area contributed by atoms with E-state index in [9.17, 15) is 9.59 Å². The zero-order valence-electron chi connectivity index (χ0n) is 12.4. The van der Waals surface area contributed by atoms with E-state index in [1.54, 1.807) is 0 Å². The molecule has 0 aromatic carbocycles. The molecule has 0 aromatic rings. The number of nitrogens with two attached hydrogens (primary N) is 1. The topological polar surface area (TPSA) is 75.4 Å². The molecule has 2 aliphatic carbocycles. The summed E-state index contributed by atoms with van der Waals surface area (Å²) in [6, 6.07) is 0.389. The molecule has 0 aromatic heterocycles. The Kier molecular flexibility index (Phi) is 5.49. The number of hydrogen-bond donors (Lipinski definition) is 2. The molecule has 2 unspecified atom stereocenters. The van der Waals surface area contributed by atoms with Crippen molar-refractivity contribution in [3.63, 3.8) is 0 Å². The zero-order valence-corrected chi connectivity index (χ0v) is 13.2. The number of nitrogens with zero attached hydrogens (tertiary/aromatic N) is 1. The van der Waals surface area contributed by atoms with E-state index in [-0.39, 0.29) is 48.8 Å². The Hall–Kier alpha value is -0.810. The number of halogens is 1. The number of rotatable bonds is 2. The SMILES string of the molecule is Cl.NC[C@H]1CCC[C@H]1C(=O)N1CC(=O)NC2CCCCC21. The van der Waals surface area contributed by atoms with E-state index in [1.165, 1.54) is 0 Å². The summed E-state index contributed by atoms with van der Waals surface area (Å²) in [6.07, 6.45) is 7.43. The van der Waals surface area contributed by atoms with E-state index in [4.69, 9.17) is 5.73 Å². The molecule has 5 nitrogen and oxygen atoms in total. The molecule has 6 heteroatoms. The number of hydrogen-bond acceptors (Lipinski definition) is 3. The minimum atomic E-state index is 0. The minimum Gasteiger partial charge on any atom is -0.350 e. The predicted octanol–water partition coefficient (Wildman–Crippen LogP) is 1.05. The van der Waals surface area contributed by atoms with Crippen molar-refractivity contribution in [3.8, 4) is 0 Å². The Labute approximate surface area is 132 Å². The number of carbonyl (C=O) groups excluding carboxylic acids is 2. The predicted molar refractivity (Wildman–Crippen MR) is 83.0 cm³/mol. The highest BCUT2D eigenvalue weighted by atomic mass is 35.5. The lowest BCUT2D eigenvalue weighted by Gasteiger charge is -2.45. The lowest BCUT2D eigenvalue weighted by molar-refractivity contribution is -0.148. The molecule has 120 valence electrons. The Balaban J connectivity index is 0.00000161. The maximum Gasteiger partial charge on any atom is 0.239 e. The molecule has 2 saturated carbocycles. The van der Waals surface area contributed by atoms with Gasteiger partial charge in [-0.05, 0) is 38.1 Å². The summed E-state index contributed by atoms with van der Waals surface area (Å²) in [4.78, 5) is 26.6. The van der Waals surface area contributed by atoms with Gasteiger partial charge in [0.1, 0.15) is 0 Å². The zero-order chi connectivity index (χ0) is 14.1. The Morgan fingerprint density at radius 1 is 1.19 bits per heavy atom. The van der Waals surface area contributed by atoms with Crippen LogP contribution in [0.25, 0.3) is 0 Å². The van der Waals surface area contributed by atoms with Crippen molar-refractivity contribution in [2.24, 2.45) is 17.6 Å². The number of carbonyl (C=O) groups is 2. The average Bonchev–Trinajstić information content (AvgIpc) is 2.94. The first-order valence-electron chi connectivity index (χ1n) is 8.00. The van der Waals surface area contributed by atoms with Crippen molar-refractivity contribution < 1.29 is 9.59 Å². The molecule has 21 heavy (non-hydrogen) atoms. The van der Waals surface area contributed by atoms with Crippen LogP contribution in [0.5, 0.6) is 0 Å². The average molecular weight is 316 g/mol. The lowest BCUT2D eigenvalue weighted by Crippen LogP contribution is -2.64. The smallest absolute Gasteiger partial charge is 0.239 e. The maximum atomic E-state index is 12.9. The standard InChI is InChI=1S/C15H25N3O2.ClH/c16-8-10-4-3-5-11(10)15(20)18-9-14(19)17-12-6-1-2-7-13(12)18;/h10-13H,1-9,16H2,(H,17,19);1H/t10-,11-,12?,13?;/m1./s1. The van der Waals surface area contributed by atoms with Gasteiger partial charge >= 0.3 is 0 Å². The Bertz CT molecular complexity index is 404. The van der Waals surface area contributed by atoms with E-state index in [1.807, 2.05) is 4.90 Å². The number of piperazine rings is 1. The van der Waals surface area contributed by atoms with Gasteiger partial charge in [-0.2, -0.15) is 0 Å². The minimum absolute atomic E-state index is 0. The van der Waals surface area contributed by atoms with Gasteiger partial charge in [0.2, 0.25) is 11.8 Å². The van der Waals surface area contributed by atoms with Crippen molar-refractivity contribution in [2.45, 2.75) is 57.0 Å². The molecule has 2 amide bonds. The monoisotopic (exact) mass is 315 g/mol. The van der Waals surface area contributed by atoms with Gasteiger partial charge in [0.25, 0.3) is 0 Å². The fourth-order valence-corrected chi connectivity index (χ4v) is 4.28. The van der Waals surface area contributed by atoms with Crippen LogP contribution in [0, 0.1) is 11.8 Å². The van der Waals surface area contributed by atoms with Crippen molar-refractivity contribution in [1.82, 2.24) is 10.2 Å². The van der Waals surface area contributed by atoms with Crippen LogP contribution in [-0.4, -0.2) is 41.9 Å². The first-order chi connectivity index (χ1) is 9.70. The third-order valence-electron chi connectivity index (χ3n) is 5.35. The van der Waals surface area contributed by atoms with Crippen LogP contribution in [0.1, 0.15) is 44.9 Å². The molecular formula is C15H26ClN3O2. The van der Waals surface area contributed by atoms with Crippen molar-refractivity contribution in [2.75, 3.05) is 13.1 Å². The highest BCUT2D eigenvalue weighted by Gasteiger charge is 2.43. The fraction of sp³-hybridized carbons (Fsp3) is 0.867. The summed E-state index contributed by atoms with van der Waals surface area (Å²) >= 11 is 0. The Morgan fingerprint density at radius 3 is 2.71 bits per heavy atom. The van der Waals surface area contributed by atoms with Gasteiger partial charge in [-0.1, -0.05) is 19.3 Å². The number of nitrogens with one attached hydrogen (secondary N) is 1. The van der Waals surface area contributed by atoms with Gasteiger partial charge in [-0.15, -0.1) is 12.4 Å². The lowest BCUT2D eigenvalue weighted by atomic mass is 9.85. The normalized spacial score (nSPS) is 35.7. The van der Waals surface area contributed by atoms with E-state index < -0.39 is 0 Å². The number of amides is 2. The summed E-state index contributed by atoms with van der Waals surface area (Å²) in [5, 5.41) is 3.06. The molecule has 0 radical (unpaired) electrons. The molecule has 1 saturated heterocycles. The molecule has 3 aliphatic rings.